The number of carboxylic acids is 1. The van der Waals surface area contributed by atoms with E-state index in [4.69, 9.17) is 0 Å². The Hall–Kier alpha value is -1.96. The highest BCUT2D eigenvalue weighted by atomic mass is 32.2. The fraction of sp³-hybridized carbons (Fsp3) is 0.300. The Morgan fingerprint density at radius 1 is 1.28 bits per heavy atom. The van der Waals surface area contributed by atoms with Crippen molar-refractivity contribution in [3.05, 3.63) is 22.6 Å². The smallest absolute Gasteiger partial charge is 0.338 e. The number of hydrogen-bond donors (Lipinski definition) is 2. The number of hydrogen-bond acceptors (Lipinski definition) is 6. The van der Waals surface area contributed by atoms with Crippen LogP contribution in [0, 0.1) is 20.8 Å². The molecule has 8 heteroatoms. The summed E-state index contributed by atoms with van der Waals surface area (Å²) in [5.74, 6) is -0.369. The molecule has 0 aromatic carbocycles. The number of carboxylic acid groups (broad SMARTS) is 1. The van der Waals surface area contributed by atoms with Crippen LogP contribution in [0.4, 0.5) is 0 Å². The maximum Gasteiger partial charge on any atom is 0.338 e. The van der Waals surface area contributed by atoms with E-state index in [0.717, 1.165) is 11.8 Å². The van der Waals surface area contributed by atoms with Gasteiger partial charge in [0.05, 0.1) is 11.3 Å². The Balaban J connectivity index is 2.44. The van der Waals surface area contributed by atoms with Crippen molar-refractivity contribution in [2.24, 2.45) is 0 Å². The largest absolute Gasteiger partial charge is 0.478 e. The summed E-state index contributed by atoms with van der Waals surface area (Å²) in [7, 11) is 0. The number of aryl methyl sites for hydroxylation is 2. The Morgan fingerprint density at radius 3 is 2.56 bits per heavy atom. The van der Waals surface area contributed by atoms with E-state index in [-0.39, 0.29) is 5.56 Å². The van der Waals surface area contributed by atoms with E-state index in [1.165, 1.54) is 0 Å². The third-order valence-corrected chi connectivity index (χ3v) is 3.25. The quantitative estimate of drug-likeness (QED) is 0.863. The molecule has 0 saturated heterocycles. The van der Waals surface area contributed by atoms with Gasteiger partial charge < -0.3 is 5.11 Å². The van der Waals surface area contributed by atoms with Crippen molar-refractivity contribution < 1.29 is 9.90 Å². The summed E-state index contributed by atoms with van der Waals surface area (Å²) < 4.78 is 0. The second kappa shape index (κ2) is 4.73. The number of aromatic carboxylic acids is 1. The van der Waals surface area contributed by atoms with E-state index >= 15 is 0 Å². The summed E-state index contributed by atoms with van der Waals surface area (Å²) >= 11 is 1.08. The van der Waals surface area contributed by atoms with E-state index < -0.39 is 5.97 Å². The van der Waals surface area contributed by atoms with Gasteiger partial charge in [0.25, 0.3) is 0 Å². The molecule has 0 atom stereocenters. The van der Waals surface area contributed by atoms with Gasteiger partial charge in [-0.2, -0.15) is 5.10 Å². The Bertz CT molecular complexity index is 610. The molecule has 0 bridgehead atoms. The van der Waals surface area contributed by atoms with Crippen LogP contribution in [0.2, 0.25) is 0 Å². The monoisotopic (exact) mass is 265 g/mol. The van der Waals surface area contributed by atoms with Crippen LogP contribution in [-0.2, 0) is 0 Å². The SMILES string of the molecule is Cc1nc(Sc2nnc(C)c(C)c2C(=O)O)n[nH]1. The summed E-state index contributed by atoms with van der Waals surface area (Å²) in [4.78, 5) is 15.4. The van der Waals surface area contributed by atoms with Crippen molar-refractivity contribution >= 4 is 17.7 Å². The van der Waals surface area contributed by atoms with E-state index in [0.29, 0.717) is 27.3 Å². The lowest BCUT2D eigenvalue weighted by Gasteiger charge is -2.06. The number of H-pyrrole nitrogens is 1. The van der Waals surface area contributed by atoms with Gasteiger partial charge in [-0.1, -0.05) is 0 Å². The summed E-state index contributed by atoms with van der Waals surface area (Å²) in [6.07, 6.45) is 0. The van der Waals surface area contributed by atoms with E-state index in [9.17, 15) is 9.90 Å². The zero-order chi connectivity index (χ0) is 13.3. The first kappa shape index (κ1) is 12.5. The molecule has 0 saturated carbocycles. The topological polar surface area (TPSA) is 105 Å². The molecule has 2 heterocycles. The van der Waals surface area contributed by atoms with E-state index in [1.807, 2.05) is 0 Å². The molecule has 2 aromatic rings. The van der Waals surface area contributed by atoms with Gasteiger partial charge in [-0.25, -0.2) is 9.78 Å². The minimum atomic E-state index is -1.03. The first-order valence-corrected chi connectivity index (χ1v) is 5.94. The predicted molar refractivity (Wildman–Crippen MR) is 63.7 cm³/mol. The van der Waals surface area contributed by atoms with Crippen molar-refractivity contribution in [1.29, 1.82) is 0 Å². The van der Waals surface area contributed by atoms with Gasteiger partial charge in [0.1, 0.15) is 10.9 Å². The highest BCUT2D eigenvalue weighted by Gasteiger charge is 2.19. The standard InChI is InChI=1S/C10H11N5O2S/c1-4-5(2)12-14-8(7(4)9(16)17)18-10-11-6(3)13-15-10/h1-3H3,(H,16,17)(H,11,13,15). The molecular formula is C10H11N5O2S. The Labute approximate surface area is 107 Å². The minimum Gasteiger partial charge on any atom is -0.478 e. The van der Waals surface area contributed by atoms with Crippen LogP contribution < -0.4 is 0 Å². The molecule has 2 N–H and O–H groups in total. The van der Waals surface area contributed by atoms with Gasteiger partial charge in [-0.15, -0.1) is 10.2 Å². The maximum absolute atomic E-state index is 11.3. The third-order valence-electron chi connectivity index (χ3n) is 2.40. The lowest BCUT2D eigenvalue weighted by Crippen LogP contribution is -2.08. The van der Waals surface area contributed by atoms with E-state index in [2.05, 4.69) is 25.4 Å². The lowest BCUT2D eigenvalue weighted by atomic mass is 10.1. The third kappa shape index (κ3) is 2.33. The summed E-state index contributed by atoms with van der Waals surface area (Å²) in [5.41, 5.74) is 1.35. The zero-order valence-electron chi connectivity index (χ0n) is 10.1. The number of rotatable bonds is 3. The summed E-state index contributed by atoms with van der Waals surface area (Å²) in [6, 6.07) is 0. The fourth-order valence-electron chi connectivity index (χ4n) is 1.36. The van der Waals surface area contributed by atoms with Gasteiger partial charge in [-0.3, -0.25) is 5.10 Å². The van der Waals surface area contributed by atoms with Crippen molar-refractivity contribution in [3.63, 3.8) is 0 Å². The Morgan fingerprint density at radius 2 is 2.00 bits per heavy atom. The molecule has 0 aliphatic carbocycles. The second-order valence-electron chi connectivity index (χ2n) is 3.70. The van der Waals surface area contributed by atoms with Crippen LogP contribution in [0.25, 0.3) is 0 Å². The molecule has 0 aliphatic heterocycles. The molecule has 2 aromatic heterocycles. The number of aromatic amines is 1. The van der Waals surface area contributed by atoms with Crippen molar-refractivity contribution in [3.8, 4) is 0 Å². The van der Waals surface area contributed by atoms with Crippen molar-refractivity contribution in [1.82, 2.24) is 25.4 Å². The number of carbonyl (C=O) groups is 1. The molecule has 0 aliphatic rings. The number of nitrogens with zero attached hydrogens (tertiary/aromatic N) is 4. The van der Waals surface area contributed by atoms with Crippen LogP contribution in [-0.4, -0.2) is 36.5 Å². The molecule has 7 nitrogen and oxygen atoms in total. The number of nitrogens with one attached hydrogen (secondary N) is 1. The zero-order valence-corrected chi connectivity index (χ0v) is 10.9. The molecule has 0 unspecified atom stereocenters. The molecular weight excluding hydrogens is 254 g/mol. The van der Waals surface area contributed by atoms with Crippen LogP contribution in [0.1, 0.15) is 27.4 Å². The van der Waals surface area contributed by atoms with Gasteiger partial charge >= 0.3 is 5.97 Å². The van der Waals surface area contributed by atoms with Crippen molar-refractivity contribution in [2.75, 3.05) is 0 Å². The van der Waals surface area contributed by atoms with Crippen molar-refractivity contribution in [2.45, 2.75) is 31.0 Å². The molecule has 2 rings (SSSR count). The van der Waals surface area contributed by atoms with Gasteiger partial charge in [0.15, 0.2) is 0 Å². The van der Waals surface area contributed by atoms with Crippen LogP contribution in [0.15, 0.2) is 10.2 Å². The predicted octanol–water partition coefficient (Wildman–Crippen LogP) is 1.37. The normalized spacial score (nSPS) is 10.6. The van der Waals surface area contributed by atoms with Crippen LogP contribution >= 0.6 is 11.8 Å². The molecule has 0 fully saturated rings. The average molecular weight is 265 g/mol. The summed E-state index contributed by atoms with van der Waals surface area (Å²) in [6.45, 7) is 5.20. The fourth-order valence-corrected chi connectivity index (χ4v) is 2.24. The van der Waals surface area contributed by atoms with Crippen LogP contribution in [0.3, 0.4) is 0 Å². The first-order chi connectivity index (χ1) is 8.49. The van der Waals surface area contributed by atoms with E-state index in [1.54, 1.807) is 20.8 Å². The van der Waals surface area contributed by atoms with Gasteiger partial charge in [-0.05, 0) is 38.1 Å². The lowest BCUT2D eigenvalue weighted by molar-refractivity contribution is 0.0690. The molecule has 18 heavy (non-hydrogen) atoms. The minimum absolute atomic E-state index is 0.148. The first-order valence-electron chi connectivity index (χ1n) is 5.13. The molecule has 94 valence electrons. The number of aromatic nitrogens is 5. The highest BCUT2D eigenvalue weighted by Crippen LogP contribution is 2.28. The summed E-state index contributed by atoms with van der Waals surface area (Å²) in [5, 5.41) is 24.4. The highest BCUT2D eigenvalue weighted by molar-refractivity contribution is 7.99. The molecule has 0 spiro atoms. The van der Waals surface area contributed by atoms with Gasteiger partial charge in [0, 0.05) is 0 Å². The van der Waals surface area contributed by atoms with Gasteiger partial charge in [0.2, 0.25) is 5.16 Å². The molecule has 0 radical (unpaired) electrons. The average Bonchev–Trinajstić information content (AvgIpc) is 2.69. The maximum atomic E-state index is 11.3. The Kier molecular flexibility index (Phi) is 3.28. The second-order valence-corrected chi connectivity index (χ2v) is 4.66. The molecule has 0 amide bonds. The van der Waals surface area contributed by atoms with Crippen LogP contribution in [0.5, 0.6) is 0 Å².